The van der Waals surface area contributed by atoms with Gasteiger partial charge in [0, 0.05) is 30.3 Å². The molecule has 0 unspecified atom stereocenters. The SMILES string of the molecule is O=C(Nc1nc(C2CC2)cs1)[C@@H]1CC(=O)N(C2CC2)C1. The smallest absolute Gasteiger partial charge is 0.231 e. The van der Waals surface area contributed by atoms with Gasteiger partial charge in [0.15, 0.2) is 5.13 Å². The molecular weight excluding hydrogens is 274 g/mol. The lowest BCUT2D eigenvalue weighted by atomic mass is 10.1. The number of carbonyl (C=O) groups is 2. The summed E-state index contributed by atoms with van der Waals surface area (Å²) in [6.07, 6.45) is 4.97. The van der Waals surface area contributed by atoms with Crippen LogP contribution in [0.4, 0.5) is 5.13 Å². The van der Waals surface area contributed by atoms with Crippen molar-refractivity contribution in [2.24, 2.45) is 5.92 Å². The molecule has 6 heteroatoms. The lowest BCUT2D eigenvalue weighted by Gasteiger charge is -2.14. The molecule has 0 aromatic carbocycles. The second kappa shape index (κ2) is 4.55. The Morgan fingerprint density at radius 2 is 2.15 bits per heavy atom. The minimum absolute atomic E-state index is 0.0572. The molecule has 1 N–H and O–H groups in total. The molecule has 3 aliphatic rings. The molecule has 2 heterocycles. The molecule has 1 aromatic heterocycles. The van der Waals surface area contributed by atoms with Crippen LogP contribution < -0.4 is 5.32 Å². The zero-order valence-electron chi connectivity index (χ0n) is 11.2. The number of hydrogen-bond donors (Lipinski definition) is 1. The van der Waals surface area contributed by atoms with Gasteiger partial charge in [-0.2, -0.15) is 0 Å². The van der Waals surface area contributed by atoms with E-state index in [0.717, 1.165) is 18.5 Å². The van der Waals surface area contributed by atoms with E-state index in [0.29, 0.717) is 30.1 Å². The van der Waals surface area contributed by atoms with Gasteiger partial charge in [-0.05, 0) is 25.7 Å². The molecule has 3 fully saturated rings. The van der Waals surface area contributed by atoms with Crippen molar-refractivity contribution in [1.82, 2.24) is 9.88 Å². The average molecular weight is 291 g/mol. The Balaban J connectivity index is 1.38. The number of likely N-dealkylation sites (tertiary alicyclic amines) is 1. The fourth-order valence-corrected chi connectivity index (χ4v) is 3.56. The predicted octanol–water partition coefficient (Wildman–Crippen LogP) is 1.97. The number of rotatable bonds is 4. The van der Waals surface area contributed by atoms with Crippen LogP contribution in [-0.2, 0) is 9.59 Å². The van der Waals surface area contributed by atoms with Crippen molar-refractivity contribution in [3.63, 3.8) is 0 Å². The third kappa shape index (κ3) is 2.32. The molecule has 0 radical (unpaired) electrons. The molecule has 1 saturated heterocycles. The van der Waals surface area contributed by atoms with Gasteiger partial charge in [-0.15, -0.1) is 11.3 Å². The molecular formula is C14H17N3O2S. The largest absolute Gasteiger partial charge is 0.339 e. The Bertz CT molecular complexity index is 563. The molecule has 4 rings (SSSR count). The number of nitrogens with zero attached hydrogens (tertiary/aromatic N) is 2. The van der Waals surface area contributed by atoms with E-state index in [4.69, 9.17) is 0 Å². The van der Waals surface area contributed by atoms with E-state index in [9.17, 15) is 9.59 Å². The minimum Gasteiger partial charge on any atom is -0.339 e. The molecule has 2 amide bonds. The fraction of sp³-hybridized carbons (Fsp3) is 0.643. The van der Waals surface area contributed by atoms with Gasteiger partial charge < -0.3 is 10.2 Å². The van der Waals surface area contributed by atoms with Crippen LogP contribution in [0.1, 0.15) is 43.7 Å². The van der Waals surface area contributed by atoms with Crippen molar-refractivity contribution in [3.05, 3.63) is 11.1 Å². The number of aromatic nitrogens is 1. The topological polar surface area (TPSA) is 62.3 Å². The van der Waals surface area contributed by atoms with E-state index in [2.05, 4.69) is 10.3 Å². The highest BCUT2D eigenvalue weighted by Gasteiger charge is 2.41. The molecule has 1 atom stereocenters. The van der Waals surface area contributed by atoms with Gasteiger partial charge in [-0.25, -0.2) is 4.98 Å². The van der Waals surface area contributed by atoms with Crippen molar-refractivity contribution in [3.8, 4) is 0 Å². The van der Waals surface area contributed by atoms with Gasteiger partial charge in [0.2, 0.25) is 11.8 Å². The highest BCUT2D eigenvalue weighted by Crippen LogP contribution is 2.41. The maximum atomic E-state index is 12.2. The minimum atomic E-state index is -0.212. The van der Waals surface area contributed by atoms with E-state index >= 15 is 0 Å². The maximum absolute atomic E-state index is 12.2. The van der Waals surface area contributed by atoms with Crippen molar-refractivity contribution >= 4 is 28.3 Å². The summed E-state index contributed by atoms with van der Waals surface area (Å²) in [6.45, 7) is 0.580. The highest BCUT2D eigenvalue weighted by atomic mass is 32.1. The van der Waals surface area contributed by atoms with Crippen LogP contribution in [-0.4, -0.2) is 34.3 Å². The molecule has 2 aliphatic carbocycles. The average Bonchev–Trinajstić information content (AvgIpc) is 3.35. The van der Waals surface area contributed by atoms with Crippen LogP contribution >= 0.6 is 11.3 Å². The van der Waals surface area contributed by atoms with Crippen LogP contribution in [0.3, 0.4) is 0 Å². The van der Waals surface area contributed by atoms with Crippen LogP contribution in [0.25, 0.3) is 0 Å². The van der Waals surface area contributed by atoms with Crippen LogP contribution in [0.2, 0.25) is 0 Å². The van der Waals surface area contributed by atoms with Crippen molar-refractivity contribution < 1.29 is 9.59 Å². The van der Waals surface area contributed by atoms with E-state index in [1.54, 1.807) is 0 Å². The first-order valence-corrected chi connectivity index (χ1v) is 8.14. The summed E-state index contributed by atoms with van der Waals surface area (Å²) in [5.74, 6) is 0.468. The predicted molar refractivity (Wildman–Crippen MR) is 75.6 cm³/mol. The summed E-state index contributed by atoms with van der Waals surface area (Å²) in [4.78, 5) is 30.4. The van der Waals surface area contributed by atoms with E-state index in [1.807, 2.05) is 10.3 Å². The summed E-state index contributed by atoms with van der Waals surface area (Å²) >= 11 is 1.48. The number of nitrogens with one attached hydrogen (secondary N) is 1. The number of thiazole rings is 1. The first-order valence-electron chi connectivity index (χ1n) is 7.26. The molecule has 0 bridgehead atoms. The lowest BCUT2D eigenvalue weighted by Crippen LogP contribution is -2.29. The van der Waals surface area contributed by atoms with Crippen molar-refractivity contribution in [2.75, 3.05) is 11.9 Å². The summed E-state index contributed by atoms with van der Waals surface area (Å²) in [6, 6.07) is 0.404. The first kappa shape index (κ1) is 12.3. The van der Waals surface area contributed by atoms with E-state index in [1.165, 1.54) is 24.2 Å². The van der Waals surface area contributed by atoms with Crippen LogP contribution in [0.5, 0.6) is 0 Å². The zero-order valence-corrected chi connectivity index (χ0v) is 12.0. The summed E-state index contributed by atoms with van der Waals surface area (Å²) < 4.78 is 0. The van der Waals surface area contributed by atoms with Gasteiger partial charge in [0.1, 0.15) is 0 Å². The molecule has 2 saturated carbocycles. The quantitative estimate of drug-likeness (QED) is 0.922. The molecule has 1 aromatic rings. The standard InChI is InChI=1S/C14H17N3O2S/c18-12-5-9(6-17(12)10-3-4-10)13(19)16-14-15-11(7-20-14)8-1-2-8/h7-10H,1-6H2,(H,15,16,19)/t9-/m1/s1. The summed E-state index contributed by atoms with van der Waals surface area (Å²) in [5.41, 5.74) is 1.10. The number of amides is 2. The molecule has 106 valence electrons. The third-order valence-electron chi connectivity index (χ3n) is 4.26. The Morgan fingerprint density at radius 3 is 2.85 bits per heavy atom. The number of carbonyl (C=O) groups excluding carboxylic acids is 2. The van der Waals surface area contributed by atoms with Gasteiger partial charge in [-0.1, -0.05) is 0 Å². The Labute approximate surface area is 121 Å². The van der Waals surface area contributed by atoms with E-state index < -0.39 is 0 Å². The van der Waals surface area contributed by atoms with Gasteiger partial charge in [0.05, 0.1) is 11.6 Å². The molecule has 20 heavy (non-hydrogen) atoms. The Hall–Kier alpha value is -1.43. The van der Waals surface area contributed by atoms with E-state index in [-0.39, 0.29) is 17.7 Å². The third-order valence-corrected chi connectivity index (χ3v) is 5.04. The Morgan fingerprint density at radius 1 is 1.35 bits per heavy atom. The Kier molecular flexibility index (Phi) is 2.80. The van der Waals surface area contributed by atoms with Gasteiger partial charge in [-0.3, -0.25) is 9.59 Å². The van der Waals surface area contributed by atoms with Crippen molar-refractivity contribution in [1.29, 1.82) is 0 Å². The normalized spacial score (nSPS) is 26.1. The second-order valence-corrected chi connectivity index (χ2v) is 6.88. The molecule has 5 nitrogen and oxygen atoms in total. The number of hydrogen-bond acceptors (Lipinski definition) is 4. The lowest BCUT2D eigenvalue weighted by molar-refractivity contribution is -0.128. The second-order valence-electron chi connectivity index (χ2n) is 6.02. The fourth-order valence-electron chi connectivity index (χ4n) is 2.76. The number of anilines is 1. The van der Waals surface area contributed by atoms with Crippen LogP contribution in [0.15, 0.2) is 5.38 Å². The van der Waals surface area contributed by atoms with Crippen LogP contribution in [0, 0.1) is 5.92 Å². The van der Waals surface area contributed by atoms with Crippen molar-refractivity contribution in [2.45, 2.75) is 44.1 Å². The maximum Gasteiger partial charge on any atom is 0.231 e. The first-order chi connectivity index (χ1) is 9.70. The molecule has 0 spiro atoms. The molecule has 1 aliphatic heterocycles. The van der Waals surface area contributed by atoms with Gasteiger partial charge >= 0.3 is 0 Å². The van der Waals surface area contributed by atoms with Gasteiger partial charge in [0.25, 0.3) is 0 Å². The monoisotopic (exact) mass is 291 g/mol. The zero-order chi connectivity index (χ0) is 13.7. The summed E-state index contributed by atoms with van der Waals surface area (Å²) in [7, 11) is 0. The summed E-state index contributed by atoms with van der Waals surface area (Å²) in [5, 5.41) is 5.58. The highest BCUT2D eigenvalue weighted by molar-refractivity contribution is 7.13.